The number of amides is 1. The minimum absolute atomic E-state index is 0.0832. The van der Waals surface area contributed by atoms with Crippen LogP contribution in [0.25, 0.3) is 0 Å². The van der Waals surface area contributed by atoms with E-state index in [4.69, 9.17) is 19.9 Å². The highest BCUT2D eigenvalue weighted by atomic mass is 16.7. The van der Waals surface area contributed by atoms with E-state index in [9.17, 15) is 4.79 Å². The van der Waals surface area contributed by atoms with E-state index in [1.807, 2.05) is 25.1 Å². The molecule has 2 unspecified atom stereocenters. The van der Waals surface area contributed by atoms with Crippen LogP contribution in [0.5, 0.6) is 11.5 Å². The maximum Gasteiger partial charge on any atom is 0.231 e. The Morgan fingerprint density at radius 2 is 2.25 bits per heavy atom. The van der Waals surface area contributed by atoms with Crippen molar-refractivity contribution in [3.05, 3.63) is 23.8 Å². The molecule has 2 heterocycles. The number of nitrogens with two attached hydrogens (primary N) is 1. The Labute approximate surface area is 117 Å². The second-order valence-electron chi connectivity index (χ2n) is 5.41. The third kappa shape index (κ3) is 2.21. The van der Waals surface area contributed by atoms with Crippen LogP contribution in [0.15, 0.2) is 18.2 Å². The molecule has 2 atom stereocenters. The Kier molecular flexibility index (Phi) is 3.27. The number of fused-ring (bicyclic) bond motifs is 1. The van der Waals surface area contributed by atoms with Gasteiger partial charge in [-0.25, -0.2) is 0 Å². The van der Waals surface area contributed by atoms with E-state index in [-0.39, 0.29) is 18.7 Å². The van der Waals surface area contributed by atoms with Gasteiger partial charge < -0.3 is 25.3 Å². The Bertz CT molecular complexity index is 534. The zero-order valence-corrected chi connectivity index (χ0v) is 11.3. The number of ether oxygens (including phenoxy) is 3. The number of benzene rings is 1. The number of hydrogen-bond acceptors (Lipinski definition) is 5. The molecule has 6 heteroatoms. The molecule has 3 N–H and O–H groups in total. The number of carbonyl (C=O) groups excluding carboxylic acids is 1. The third-order valence-corrected chi connectivity index (χ3v) is 3.93. The van der Waals surface area contributed by atoms with Gasteiger partial charge in [-0.15, -0.1) is 0 Å². The third-order valence-electron chi connectivity index (χ3n) is 3.93. The minimum Gasteiger partial charge on any atom is -0.454 e. The zero-order chi connectivity index (χ0) is 14.2. The predicted octanol–water partition coefficient (Wildman–Crippen LogP) is 0.395. The molecule has 1 fully saturated rings. The van der Waals surface area contributed by atoms with Crippen molar-refractivity contribution in [2.24, 2.45) is 11.1 Å². The summed E-state index contributed by atoms with van der Waals surface area (Å²) in [5.74, 6) is 1.36. The monoisotopic (exact) mass is 278 g/mol. The smallest absolute Gasteiger partial charge is 0.231 e. The summed E-state index contributed by atoms with van der Waals surface area (Å²) in [6.07, 6.45) is 0. The van der Waals surface area contributed by atoms with Crippen molar-refractivity contribution >= 4 is 5.91 Å². The highest BCUT2D eigenvalue weighted by Gasteiger charge is 2.44. The van der Waals surface area contributed by atoms with Gasteiger partial charge in [0.2, 0.25) is 12.7 Å². The van der Waals surface area contributed by atoms with Gasteiger partial charge in [0.15, 0.2) is 11.5 Å². The van der Waals surface area contributed by atoms with Crippen LogP contribution in [0.2, 0.25) is 0 Å². The van der Waals surface area contributed by atoms with Gasteiger partial charge in [0.05, 0.1) is 18.6 Å². The number of rotatable bonds is 3. The lowest BCUT2D eigenvalue weighted by Crippen LogP contribution is -2.49. The molecular formula is C14H18N2O4. The summed E-state index contributed by atoms with van der Waals surface area (Å²) < 4.78 is 15.8. The van der Waals surface area contributed by atoms with Crippen LogP contribution in [0.4, 0.5) is 0 Å². The Balaban J connectivity index is 1.63. The van der Waals surface area contributed by atoms with Crippen LogP contribution in [-0.2, 0) is 16.1 Å². The van der Waals surface area contributed by atoms with Crippen molar-refractivity contribution in [1.82, 2.24) is 5.32 Å². The van der Waals surface area contributed by atoms with Crippen LogP contribution in [0, 0.1) is 5.41 Å². The van der Waals surface area contributed by atoms with Crippen molar-refractivity contribution in [3.63, 3.8) is 0 Å². The van der Waals surface area contributed by atoms with Crippen molar-refractivity contribution in [1.29, 1.82) is 0 Å². The first kappa shape index (κ1) is 13.2. The van der Waals surface area contributed by atoms with Gasteiger partial charge in [-0.2, -0.15) is 0 Å². The number of hydrogen-bond donors (Lipinski definition) is 2. The molecule has 1 amide bonds. The van der Waals surface area contributed by atoms with Crippen LogP contribution in [0.1, 0.15) is 12.5 Å². The largest absolute Gasteiger partial charge is 0.454 e. The first-order chi connectivity index (χ1) is 9.59. The molecule has 20 heavy (non-hydrogen) atoms. The summed E-state index contributed by atoms with van der Waals surface area (Å²) in [5, 5.41) is 2.91. The van der Waals surface area contributed by atoms with Gasteiger partial charge in [0.1, 0.15) is 0 Å². The fourth-order valence-electron chi connectivity index (χ4n) is 2.36. The van der Waals surface area contributed by atoms with Gasteiger partial charge in [-0.1, -0.05) is 6.07 Å². The standard InChI is InChI=1S/C14H18N2O4/c1-14(7-18-6-12(14)15)13(17)16-5-9-2-3-10-11(4-9)20-8-19-10/h2-4,12H,5-8,15H2,1H3,(H,16,17). The summed E-state index contributed by atoms with van der Waals surface area (Å²) in [7, 11) is 0. The highest BCUT2D eigenvalue weighted by molar-refractivity contribution is 5.83. The first-order valence-electron chi connectivity index (χ1n) is 6.60. The van der Waals surface area contributed by atoms with Crippen molar-refractivity contribution in [2.45, 2.75) is 19.5 Å². The molecule has 2 aliphatic heterocycles. The van der Waals surface area contributed by atoms with Crippen LogP contribution in [-0.4, -0.2) is 32.0 Å². The fraction of sp³-hybridized carbons (Fsp3) is 0.500. The van der Waals surface area contributed by atoms with Crippen molar-refractivity contribution < 1.29 is 19.0 Å². The molecule has 1 aromatic rings. The van der Waals surface area contributed by atoms with E-state index in [1.54, 1.807) is 0 Å². The fourth-order valence-corrected chi connectivity index (χ4v) is 2.36. The SMILES string of the molecule is CC1(C(=O)NCc2ccc3c(c2)OCO3)COCC1N. The van der Waals surface area contributed by atoms with Crippen LogP contribution < -0.4 is 20.5 Å². The van der Waals surface area contributed by atoms with Crippen LogP contribution >= 0.6 is 0 Å². The quantitative estimate of drug-likeness (QED) is 0.836. The van der Waals surface area contributed by atoms with E-state index in [0.717, 1.165) is 11.3 Å². The van der Waals surface area contributed by atoms with Gasteiger partial charge in [0, 0.05) is 12.6 Å². The Hall–Kier alpha value is -1.79. The second kappa shape index (κ2) is 4.96. The molecule has 1 saturated heterocycles. The van der Waals surface area contributed by atoms with E-state index < -0.39 is 5.41 Å². The van der Waals surface area contributed by atoms with Gasteiger partial charge in [0.25, 0.3) is 0 Å². The molecule has 0 bridgehead atoms. The lowest BCUT2D eigenvalue weighted by atomic mass is 9.85. The van der Waals surface area contributed by atoms with Gasteiger partial charge >= 0.3 is 0 Å². The molecule has 0 aliphatic carbocycles. The molecule has 0 radical (unpaired) electrons. The Morgan fingerprint density at radius 3 is 3.00 bits per heavy atom. The molecular weight excluding hydrogens is 260 g/mol. The maximum atomic E-state index is 12.3. The molecule has 1 aromatic carbocycles. The average molecular weight is 278 g/mol. The topological polar surface area (TPSA) is 82.8 Å². The maximum absolute atomic E-state index is 12.3. The van der Waals surface area contributed by atoms with E-state index in [0.29, 0.717) is 25.5 Å². The molecule has 2 aliphatic rings. The molecule has 0 saturated carbocycles. The van der Waals surface area contributed by atoms with Crippen LogP contribution in [0.3, 0.4) is 0 Å². The molecule has 3 rings (SSSR count). The molecule has 0 spiro atoms. The molecule has 108 valence electrons. The summed E-state index contributed by atoms with van der Waals surface area (Å²) in [4.78, 5) is 12.3. The summed E-state index contributed by atoms with van der Waals surface area (Å²) in [6.45, 7) is 3.29. The average Bonchev–Trinajstić information content (AvgIpc) is 3.03. The number of nitrogens with one attached hydrogen (secondary N) is 1. The first-order valence-corrected chi connectivity index (χ1v) is 6.60. The lowest BCUT2D eigenvalue weighted by Gasteiger charge is -2.25. The van der Waals surface area contributed by atoms with Crippen molar-refractivity contribution in [2.75, 3.05) is 20.0 Å². The Morgan fingerprint density at radius 1 is 1.45 bits per heavy atom. The normalized spacial score (nSPS) is 27.6. The number of carbonyl (C=O) groups is 1. The zero-order valence-electron chi connectivity index (χ0n) is 11.3. The van der Waals surface area contributed by atoms with E-state index in [2.05, 4.69) is 5.32 Å². The van der Waals surface area contributed by atoms with E-state index >= 15 is 0 Å². The van der Waals surface area contributed by atoms with E-state index in [1.165, 1.54) is 0 Å². The second-order valence-corrected chi connectivity index (χ2v) is 5.41. The highest BCUT2D eigenvalue weighted by Crippen LogP contribution is 2.32. The molecule has 6 nitrogen and oxygen atoms in total. The molecule has 0 aromatic heterocycles. The predicted molar refractivity (Wildman–Crippen MR) is 71.3 cm³/mol. The lowest BCUT2D eigenvalue weighted by molar-refractivity contribution is -0.130. The summed E-state index contributed by atoms with van der Waals surface area (Å²) in [6, 6.07) is 5.35. The minimum atomic E-state index is -0.656. The summed E-state index contributed by atoms with van der Waals surface area (Å²) >= 11 is 0. The summed E-state index contributed by atoms with van der Waals surface area (Å²) in [5.41, 5.74) is 6.24. The van der Waals surface area contributed by atoms with Crippen molar-refractivity contribution in [3.8, 4) is 11.5 Å². The van der Waals surface area contributed by atoms with Gasteiger partial charge in [-0.05, 0) is 24.6 Å². The van der Waals surface area contributed by atoms with Gasteiger partial charge in [-0.3, -0.25) is 4.79 Å².